The topological polar surface area (TPSA) is 125 Å². The minimum absolute atomic E-state index is 0.0532. The van der Waals surface area contributed by atoms with Crippen LogP contribution in [0.1, 0.15) is 48.9 Å². The SMILES string of the molecule is O=C(O)CCCCCCCNC(=O)c1c[nH]c2ccc([N+](=O)[O-])cc12. The van der Waals surface area contributed by atoms with Crippen LogP contribution in [0, 0.1) is 10.1 Å². The first-order chi connectivity index (χ1) is 12.0. The van der Waals surface area contributed by atoms with Crippen LogP contribution in [-0.4, -0.2) is 33.4 Å². The molecular weight excluding hydrogens is 326 g/mol. The molecule has 0 saturated carbocycles. The van der Waals surface area contributed by atoms with Crippen LogP contribution in [0.3, 0.4) is 0 Å². The fourth-order valence-corrected chi connectivity index (χ4v) is 2.64. The molecule has 2 aromatic rings. The summed E-state index contributed by atoms with van der Waals surface area (Å²) in [6.45, 7) is 0.513. The number of H-pyrrole nitrogens is 1. The second-order valence-electron chi connectivity index (χ2n) is 5.86. The summed E-state index contributed by atoms with van der Waals surface area (Å²) >= 11 is 0. The highest BCUT2D eigenvalue weighted by Crippen LogP contribution is 2.23. The predicted octanol–water partition coefficient (Wildman–Crippen LogP) is 3.23. The number of unbranched alkanes of at least 4 members (excludes halogenated alkanes) is 4. The van der Waals surface area contributed by atoms with Crippen LogP contribution in [0.15, 0.2) is 24.4 Å². The number of non-ortho nitro benzene ring substituents is 1. The van der Waals surface area contributed by atoms with Crippen LogP contribution < -0.4 is 5.32 Å². The Bertz CT molecular complexity index is 769. The second kappa shape index (κ2) is 8.81. The van der Waals surface area contributed by atoms with E-state index in [0.29, 0.717) is 29.4 Å². The van der Waals surface area contributed by atoms with Crippen molar-refractivity contribution in [2.75, 3.05) is 6.54 Å². The molecule has 0 aliphatic rings. The third-order valence-corrected chi connectivity index (χ3v) is 3.97. The number of nitrogens with one attached hydrogen (secondary N) is 2. The Morgan fingerprint density at radius 3 is 2.60 bits per heavy atom. The number of benzene rings is 1. The highest BCUT2D eigenvalue weighted by Gasteiger charge is 2.15. The van der Waals surface area contributed by atoms with Crippen LogP contribution in [0.4, 0.5) is 5.69 Å². The first-order valence-corrected chi connectivity index (χ1v) is 8.24. The molecule has 1 amide bonds. The molecule has 8 nitrogen and oxygen atoms in total. The van der Waals surface area contributed by atoms with E-state index in [1.807, 2.05) is 0 Å². The van der Waals surface area contributed by atoms with Crippen LogP contribution in [0.5, 0.6) is 0 Å². The van der Waals surface area contributed by atoms with Crippen molar-refractivity contribution in [3.05, 3.63) is 40.1 Å². The molecule has 0 spiro atoms. The average Bonchev–Trinajstić information content (AvgIpc) is 2.99. The molecule has 2 rings (SSSR count). The Morgan fingerprint density at radius 1 is 1.16 bits per heavy atom. The third kappa shape index (κ3) is 5.30. The van der Waals surface area contributed by atoms with Gasteiger partial charge in [0.1, 0.15) is 0 Å². The number of nitro benzene ring substituents is 1. The van der Waals surface area contributed by atoms with Gasteiger partial charge in [-0.15, -0.1) is 0 Å². The zero-order chi connectivity index (χ0) is 18.2. The molecular formula is C17H21N3O5. The van der Waals surface area contributed by atoms with Crippen molar-refractivity contribution in [1.29, 1.82) is 0 Å². The molecule has 0 saturated heterocycles. The smallest absolute Gasteiger partial charge is 0.303 e. The normalized spacial score (nSPS) is 10.7. The lowest BCUT2D eigenvalue weighted by Crippen LogP contribution is -2.24. The number of hydrogen-bond acceptors (Lipinski definition) is 4. The van der Waals surface area contributed by atoms with E-state index in [0.717, 1.165) is 25.7 Å². The van der Waals surface area contributed by atoms with E-state index in [1.165, 1.54) is 12.1 Å². The van der Waals surface area contributed by atoms with E-state index < -0.39 is 10.9 Å². The van der Waals surface area contributed by atoms with Crippen LogP contribution in [0.2, 0.25) is 0 Å². The Morgan fingerprint density at radius 2 is 1.88 bits per heavy atom. The molecule has 0 radical (unpaired) electrons. The minimum atomic E-state index is -0.772. The Labute approximate surface area is 144 Å². The van der Waals surface area contributed by atoms with Gasteiger partial charge in [-0.25, -0.2) is 0 Å². The molecule has 134 valence electrons. The van der Waals surface area contributed by atoms with Crippen LogP contribution >= 0.6 is 0 Å². The second-order valence-corrected chi connectivity index (χ2v) is 5.86. The fourth-order valence-electron chi connectivity index (χ4n) is 2.64. The summed E-state index contributed by atoms with van der Waals surface area (Å²) in [7, 11) is 0. The highest BCUT2D eigenvalue weighted by molar-refractivity contribution is 6.07. The van der Waals surface area contributed by atoms with E-state index in [-0.39, 0.29) is 18.0 Å². The third-order valence-electron chi connectivity index (χ3n) is 3.97. The number of carboxylic acid groups (broad SMARTS) is 1. The number of aliphatic carboxylic acids is 1. The number of nitrogens with zero attached hydrogens (tertiary/aromatic N) is 1. The lowest BCUT2D eigenvalue weighted by molar-refractivity contribution is -0.384. The first-order valence-electron chi connectivity index (χ1n) is 8.24. The van der Waals surface area contributed by atoms with Gasteiger partial charge in [0.25, 0.3) is 11.6 Å². The summed E-state index contributed by atoms with van der Waals surface area (Å²) in [6, 6.07) is 4.37. The van der Waals surface area contributed by atoms with Gasteiger partial charge in [-0.2, -0.15) is 0 Å². The molecule has 1 aromatic heterocycles. The number of carboxylic acids is 1. The summed E-state index contributed by atoms with van der Waals surface area (Å²) in [5, 5.41) is 22.7. The molecule has 25 heavy (non-hydrogen) atoms. The quantitative estimate of drug-likeness (QED) is 0.345. The van der Waals surface area contributed by atoms with Crippen molar-refractivity contribution in [1.82, 2.24) is 10.3 Å². The zero-order valence-corrected chi connectivity index (χ0v) is 13.8. The highest BCUT2D eigenvalue weighted by atomic mass is 16.6. The number of fused-ring (bicyclic) bond motifs is 1. The van der Waals surface area contributed by atoms with Crippen molar-refractivity contribution < 1.29 is 19.6 Å². The lowest BCUT2D eigenvalue weighted by atomic mass is 10.1. The molecule has 0 bridgehead atoms. The van der Waals surface area contributed by atoms with Gasteiger partial charge >= 0.3 is 5.97 Å². The monoisotopic (exact) mass is 347 g/mol. The number of nitro groups is 1. The van der Waals surface area contributed by atoms with Crippen molar-refractivity contribution in [2.45, 2.75) is 38.5 Å². The van der Waals surface area contributed by atoms with E-state index in [9.17, 15) is 19.7 Å². The summed E-state index contributed by atoms with van der Waals surface area (Å²) in [5.41, 5.74) is 1.01. The van der Waals surface area contributed by atoms with Gasteiger partial charge in [0, 0.05) is 42.2 Å². The maximum absolute atomic E-state index is 12.2. The molecule has 0 unspecified atom stereocenters. The predicted molar refractivity (Wildman–Crippen MR) is 92.6 cm³/mol. The summed E-state index contributed by atoms with van der Waals surface area (Å²) in [5.74, 6) is -1.04. The molecule has 0 fully saturated rings. The summed E-state index contributed by atoms with van der Waals surface area (Å²) < 4.78 is 0. The maximum Gasteiger partial charge on any atom is 0.303 e. The van der Waals surface area contributed by atoms with Gasteiger partial charge in [0.05, 0.1) is 10.5 Å². The number of rotatable bonds is 10. The van der Waals surface area contributed by atoms with Gasteiger partial charge in [-0.05, 0) is 18.9 Å². The molecule has 1 heterocycles. The minimum Gasteiger partial charge on any atom is -0.481 e. The average molecular weight is 347 g/mol. The van der Waals surface area contributed by atoms with Crippen molar-refractivity contribution in [3.8, 4) is 0 Å². The Kier molecular flexibility index (Phi) is 6.50. The molecule has 0 atom stereocenters. The van der Waals surface area contributed by atoms with Crippen LogP contribution in [0.25, 0.3) is 10.9 Å². The zero-order valence-electron chi connectivity index (χ0n) is 13.8. The van der Waals surface area contributed by atoms with Crippen LogP contribution in [-0.2, 0) is 4.79 Å². The van der Waals surface area contributed by atoms with Crippen molar-refractivity contribution in [3.63, 3.8) is 0 Å². The van der Waals surface area contributed by atoms with Crippen molar-refractivity contribution in [2.24, 2.45) is 0 Å². The van der Waals surface area contributed by atoms with Gasteiger partial charge in [0.15, 0.2) is 0 Å². The number of carbonyl (C=O) groups excluding carboxylic acids is 1. The summed E-state index contributed by atoms with van der Waals surface area (Å²) in [4.78, 5) is 35.9. The first kappa shape index (κ1) is 18.4. The van der Waals surface area contributed by atoms with Gasteiger partial charge in [-0.1, -0.05) is 19.3 Å². The standard InChI is InChI=1S/C17H21N3O5/c21-16(22)6-4-2-1-3-5-9-18-17(23)14-11-19-15-8-7-12(20(24)25)10-13(14)15/h7-8,10-11,19H,1-6,9H2,(H,18,23)(H,21,22). The van der Waals surface area contributed by atoms with Gasteiger partial charge < -0.3 is 15.4 Å². The van der Waals surface area contributed by atoms with E-state index in [4.69, 9.17) is 5.11 Å². The van der Waals surface area contributed by atoms with E-state index >= 15 is 0 Å². The molecule has 0 aliphatic carbocycles. The van der Waals surface area contributed by atoms with E-state index in [1.54, 1.807) is 12.3 Å². The van der Waals surface area contributed by atoms with Gasteiger partial charge in [0.2, 0.25) is 0 Å². The van der Waals surface area contributed by atoms with E-state index in [2.05, 4.69) is 10.3 Å². The molecule has 0 aliphatic heterocycles. The largest absolute Gasteiger partial charge is 0.481 e. The Balaban J connectivity index is 1.79. The number of aromatic amines is 1. The number of hydrogen-bond donors (Lipinski definition) is 3. The fraction of sp³-hybridized carbons (Fsp3) is 0.412. The Hall–Kier alpha value is -2.90. The van der Waals surface area contributed by atoms with Crippen molar-refractivity contribution >= 4 is 28.5 Å². The number of amides is 1. The molecule has 1 aromatic carbocycles. The maximum atomic E-state index is 12.2. The van der Waals surface area contributed by atoms with Gasteiger partial charge in [-0.3, -0.25) is 19.7 Å². The lowest BCUT2D eigenvalue weighted by Gasteiger charge is -2.04. The molecule has 8 heteroatoms. The number of carbonyl (C=O) groups is 2. The molecule has 3 N–H and O–H groups in total. The number of aromatic nitrogens is 1. The summed E-state index contributed by atoms with van der Waals surface area (Å²) in [6.07, 6.45) is 5.95.